The number of hydrogen-bond acceptors (Lipinski definition) is 6. The van der Waals surface area contributed by atoms with Gasteiger partial charge in [-0.25, -0.2) is 4.79 Å². The predicted octanol–water partition coefficient (Wildman–Crippen LogP) is 4.44. The number of methoxy groups -OCH3 is 2. The zero-order valence-electron chi connectivity index (χ0n) is 19.3. The summed E-state index contributed by atoms with van der Waals surface area (Å²) in [6.07, 6.45) is 12.6. The molecule has 0 bridgehead atoms. The monoisotopic (exact) mass is 445 g/mol. The molecule has 2 N–H and O–H groups in total. The smallest absolute Gasteiger partial charge is 0.410 e. The van der Waals surface area contributed by atoms with Crippen molar-refractivity contribution in [2.24, 2.45) is 40.7 Å². The molecule has 6 atom stereocenters. The quantitative estimate of drug-likeness (QED) is 0.460. The third kappa shape index (κ3) is 4.19. The fourth-order valence-corrected chi connectivity index (χ4v) is 7.00. The van der Waals surface area contributed by atoms with Gasteiger partial charge in [0.15, 0.2) is 18.3 Å². The van der Waals surface area contributed by atoms with Crippen molar-refractivity contribution in [2.45, 2.75) is 51.9 Å². The Morgan fingerprint density at radius 2 is 1.97 bits per heavy atom. The first-order chi connectivity index (χ1) is 15.4. The number of nitrogens with two attached hydrogens (primary N) is 1. The second-order valence-corrected chi connectivity index (χ2v) is 9.84. The molecule has 2 fully saturated rings. The molecule has 0 radical (unpaired) electrons. The standard InChI is InChI=1S/C25H35NO6/c1-25-11-10-17-18(20(25)8-5-16(25)6-9-23(27)30-3)7-4-15-12-21(31-14-29-2)22(13-19(15)17)32-24(26)28/h4,12-13,16-20H,5-11,14H2,1-3H3,(H2,26,28)/t16-,17+,18-,19+,20+,25-/m1/s1. The third-order valence-electron chi connectivity index (χ3n) is 8.50. The minimum absolute atomic E-state index is 0.0721. The lowest BCUT2D eigenvalue weighted by Gasteiger charge is -2.52. The average molecular weight is 446 g/mol. The Balaban J connectivity index is 1.55. The number of amides is 1. The van der Waals surface area contributed by atoms with Crippen LogP contribution in [0.15, 0.2) is 35.3 Å². The van der Waals surface area contributed by atoms with E-state index in [4.69, 9.17) is 24.7 Å². The normalized spacial score (nSPS) is 35.3. The zero-order valence-corrected chi connectivity index (χ0v) is 19.3. The maximum absolute atomic E-state index is 11.7. The number of esters is 1. The molecule has 0 aromatic carbocycles. The van der Waals surface area contributed by atoms with E-state index in [2.05, 4.69) is 13.0 Å². The molecule has 176 valence electrons. The van der Waals surface area contributed by atoms with Crippen molar-refractivity contribution >= 4 is 12.1 Å². The topological polar surface area (TPSA) is 97.1 Å². The predicted molar refractivity (Wildman–Crippen MR) is 118 cm³/mol. The van der Waals surface area contributed by atoms with Crippen molar-refractivity contribution in [1.82, 2.24) is 0 Å². The second-order valence-electron chi connectivity index (χ2n) is 9.84. The van der Waals surface area contributed by atoms with Gasteiger partial charge in [-0.3, -0.25) is 4.79 Å². The van der Waals surface area contributed by atoms with Gasteiger partial charge in [0.2, 0.25) is 0 Å². The summed E-state index contributed by atoms with van der Waals surface area (Å²) >= 11 is 0. The fraction of sp³-hybridized carbons (Fsp3) is 0.680. The van der Waals surface area contributed by atoms with Gasteiger partial charge in [-0.1, -0.05) is 13.0 Å². The van der Waals surface area contributed by atoms with Crippen LogP contribution in [0.3, 0.4) is 0 Å². The van der Waals surface area contributed by atoms with Gasteiger partial charge < -0.3 is 24.7 Å². The molecule has 1 amide bonds. The molecule has 0 aromatic heterocycles. The van der Waals surface area contributed by atoms with Crippen LogP contribution in [0.2, 0.25) is 0 Å². The molecular formula is C25H35NO6. The van der Waals surface area contributed by atoms with Crippen LogP contribution in [0.25, 0.3) is 0 Å². The van der Waals surface area contributed by atoms with E-state index >= 15 is 0 Å². The number of fused-ring (bicyclic) bond motifs is 5. The van der Waals surface area contributed by atoms with Crippen molar-refractivity contribution < 1.29 is 28.5 Å². The van der Waals surface area contributed by atoms with Gasteiger partial charge in [-0.15, -0.1) is 0 Å². The third-order valence-corrected chi connectivity index (χ3v) is 8.50. The summed E-state index contributed by atoms with van der Waals surface area (Å²) in [6, 6.07) is 0. The molecule has 4 aliphatic rings. The molecule has 4 rings (SSSR count). The minimum Gasteiger partial charge on any atom is -0.469 e. The summed E-state index contributed by atoms with van der Waals surface area (Å²) in [7, 11) is 3.01. The summed E-state index contributed by atoms with van der Waals surface area (Å²) in [4.78, 5) is 23.2. The largest absolute Gasteiger partial charge is 0.469 e. The zero-order chi connectivity index (χ0) is 22.9. The van der Waals surface area contributed by atoms with Crippen LogP contribution in [-0.2, 0) is 23.7 Å². The maximum atomic E-state index is 11.7. The van der Waals surface area contributed by atoms with Gasteiger partial charge >= 0.3 is 12.1 Å². The summed E-state index contributed by atoms with van der Waals surface area (Å²) in [5, 5.41) is 0. The van der Waals surface area contributed by atoms with Gasteiger partial charge in [-0.05, 0) is 85.3 Å². The Bertz CT molecular complexity index is 845. The molecular weight excluding hydrogens is 410 g/mol. The number of ether oxygens (including phenoxy) is 4. The number of hydrogen-bond donors (Lipinski definition) is 1. The molecule has 32 heavy (non-hydrogen) atoms. The van der Waals surface area contributed by atoms with E-state index in [-0.39, 0.29) is 24.1 Å². The van der Waals surface area contributed by atoms with Gasteiger partial charge in [0, 0.05) is 19.4 Å². The lowest BCUT2D eigenvalue weighted by Crippen LogP contribution is -2.45. The van der Waals surface area contributed by atoms with E-state index in [0.717, 1.165) is 25.7 Å². The van der Waals surface area contributed by atoms with Crippen LogP contribution in [0.5, 0.6) is 0 Å². The highest BCUT2D eigenvalue weighted by atomic mass is 16.7. The number of allylic oxidation sites excluding steroid dienone is 4. The van der Waals surface area contributed by atoms with Crippen molar-refractivity contribution in [3.05, 3.63) is 35.3 Å². The molecule has 0 aromatic rings. The Kier molecular flexibility index (Phi) is 6.65. The Labute approximate surface area is 190 Å². The molecule has 0 spiro atoms. The van der Waals surface area contributed by atoms with Gasteiger partial charge in [0.1, 0.15) is 0 Å². The first kappa shape index (κ1) is 22.9. The lowest BCUT2D eigenvalue weighted by molar-refractivity contribution is -0.141. The highest BCUT2D eigenvalue weighted by Gasteiger charge is 2.55. The van der Waals surface area contributed by atoms with Crippen LogP contribution in [0, 0.1) is 35.0 Å². The van der Waals surface area contributed by atoms with Crippen LogP contribution in [0.4, 0.5) is 4.79 Å². The minimum atomic E-state index is -0.844. The average Bonchev–Trinajstić information content (AvgIpc) is 3.11. The molecule has 7 heteroatoms. The van der Waals surface area contributed by atoms with Crippen LogP contribution in [0.1, 0.15) is 51.9 Å². The molecule has 0 heterocycles. The Morgan fingerprint density at radius 3 is 2.69 bits per heavy atom. The van der Waals surface area contributed by atoms with Crippen molar-refractivity contribution in [1.29, 1.82) is 0 Å². The maximum Gasteiger partial charge on any atom is 0.410 e. The molecule has 2 saturated carbocycles. The van der Waals surface area contributed by atoms with Gasteiger partial charge in [-0.2, -0.15) is 0 Å². The number of rotatable bonds is 7. The highest BCUT2D eigenvalue weighted by Crippen LogP contribution is 2.63. The molecule has 0 saturated heterocycles. The van der Waals surface area contributed by atoms with Crippen molar-refractivity contribution in [2.75, 3.05) is 21.0 Å². The number of carbonyl (C=O) groups is 2. The van der Waals surface area contributed by atoms with E-state index < -0.39 is 6.09 Å². The summed E-state index contributed by atoms with van der Waals surface area (Å²) in [5.74, 6) is 3.25. The molecule has 0 aliphatic heterocycles. The number of carbonyl (C=O) groups excluding carboxylic acids is 2. The summed E-state index contributed by atoms with van der Waals surface area (Å²) < 4.78 is 20.8. The fourth-order valence-electron chi connectivity index (χ4n) is 7.00. The molecule has 0 unspecified atom stereocenters. The van der Waals surface area contributed by atoms with Crippen LogP contribution in [-0.4, -0.2) is 33.1 Å². The van der Waals surface area contributed by atoms with Crippen molar-refractivity contribution in [3.8, 4) is 0 Å². The van der Waals surface area contributed by atoms with Gasteiger partial charge in [0.25, 0.3) is 0 Å². The van der Waals surface area contributed by atoms with E-state index in [9.17, 15) is 9.59 Å². The lowest BCUT2D eigenvalue weighted by atomic mass is 9.52. The Morgan fingerprint density at radius 1 is 1.16 bits per heavy atom. The van der Waals surface area contributed by atoms with E-state index in [1.807, 2.05) is 12.2 Å². The van der Waals surface area contributed by atoms with Crippen LogP contribution >= 0.6 is 0 Å². The second kappa shape index (κ2) is 9.30. The molecule has 4 aliphatic carbocycles. The van der Waals surface area contributed by atoms with E-state index in [1.54, 1.807) is 7.11 Å². The first-order valence-electron chi connectivity index (χ1n) is 11.7. The summed E-state index contributed by atoms with van der Waals surface area (Å²) in [5.41, 5.74) is 6.81. The highest BCUT2D eigenvalue weighted by molar-refractivity contribution is 5.69. The Hall–Kier alpha value is -2.28. The van der Waals surface area contributed by atoms with Crippen molar-refractivity contribution in [3.63, 3.8) is 0 Å². The van der Waals surface area contributed by atoms with Crippen LogP contribution < -0.4 is 5.73 Å². The van der Waals surface area contributed by atoms with E-state index in [1.165, 1.54) is 25.5 Å². The molecule has 7 nitrogen and oxygen atoms in total. The first-order valence-corrected chi connectivity index (χ1v) is 11.7. The van der Waals surface area contributed by atoms with E-state index in [0.29, 0.717) is 41.6 Å². The summed E-state index contributed by atoms with van der Waals surface area (Å²) in [6.45, 7) is 2.51. The number of primary amides is 1. The SMILES string of the molecule is COCOC1=CC2=CC[C@@H]3[C@H](CC[C@]4(C)[C@@H](CCC(=O)OC)CC[C@@H]34)[C@H]2C=C1OC(N)=O. The van der Waals surface area contributed by atoms with Gasteiger partial charge in [0.05, 0.1) is 7.11 Å².